The molecule has 0 radical (unpaired) electrons. The van der Waals surface area contributed by atoms with Gasteiger partial charge in [-0.3, -0.25) is 37.3 Å². The van der Waals surface area contributed by atoms with Gasteiger partial charge < -0.3 is 33.8 Å². The van der Waals surface area contributed by atoms with Gasteiger partial charge in [-0.1, -0.05) is 369 Å². The zero-order chi connectivity index (χ0) is 71.9. The van der Waals surface area contributed by atoms with E-state index in [1.165, 1.54) is 244 Å². The van der Waals surface area contributed by atoms with Crippen LogP contribution in [0.5, 0.6) is 0 Å². The van der Waals surface area contributed by atoms with E-state index in [9.17, 15) is 43.2 Å². The molecule has 17 nitrogen and oxygen atoms in total. The van der Waals surface area contributed by atoms with Crippen molar-refractivity contribution in [2.45, 2.75) is 438 Å². The van der Waals surface area contributed by atoms with Crippen LogP contribution >= 0.6 is 15.6 Å². The van der Waals surface area contributed by atoms with Crippen LogP contribution in [0.1, 0.15) is 420 Å². The van der Waals surface area contributed by atoms with Crippen molar-refractivity contribution in [1.29, 1.82) is 0 Å². The van der Waals surface area contributed by atoms with Crippen molar-refractivity contribution in [3.8, 4) is 0 Å². The number of rotatable bonds is 79. The second kappa shape index (κ2) is 72.0. The first-order valence-electron chi connectivity index (χ1n) is 41.1. The normalized spacial score (nSPS) is 13.9. The maximum Gasteiger partial charge on any atom is 0.472 e. The van der Waals surface area contributed by atoms with E-state index in [4.69, 9.17) is 37.0 Å². The van der Waals surface area contributed by atoms with Crippen LogP contribution in [0.15, 0.2) is 0 Å². The first-order valence-corrected chi connectivity index (χ1v) is 44.1. The molecule has 0 aromatic rings. The predicted molar refractivity (Wildman–Crippen MR) is 400 cm³/mol. The van der Waals surface area contributed by atoms with E-state index in [1.54, 1.807) is 0 Å². The van der Waals surface area contributed by atoms with E-state index in [1.807, 2.05) is 0 Å². The van der Waals surface area contributed by atoms with Crippen LogP contribution in [0, 0.1) is 5.92 Å². The van der Waals surface area contributed by atoms with Gasteiger partial charge in [-0.25, -0.2) is 9.13 Å². The van der Waals surface area contributed by atoms with Crippen LogP contribution in [-0.4, -0.2) is 96.7 Å². The minimum absolute atomic E-state index is 0.106. The fourth-order valence-corrected chi connectivity index (χ4v) is 13.8. The topological polar surface area (TPSA) is 237 Å². The maximum atomic E-state index is 13.1. The van der Waals surface area contributed by atoms with Gasteiger partial charge in [0.25, 0.3) is 0 Å². The van der Waals surface area contributed by atoms with Crippen LogP contribution in [0.25, 0.3) is 0 Å². The Morgan fingerprint density at radius 1 is 0.276 bits per heavy atom. The molecule has 0 aliphatic carbocycles. The van der Waals surface area contributed by atoms with Crippen molar-refractivity contribution >= 4 is 39.5 Å². The monoisotopic (exact) mass is 1440 g/mol. The predicted octanol–water partition coefficient (Wildman–Crippen LogP) is 23.6. The Balaban J connectivity index is 5.21. The largest absolute Gasteiger partial charge is 0.472 e. The Kier molecular flexibility index (Phi) is 70.6. The lowest BCUT2D eigenvalue weighted by atomic mass is 10.0. The van der Waals surface area contributed by atoms with Crippen molar-refractivity contribution in [2.24, 2.45) is 5.92 Å². The molecule has 0 bridgehead atoms. The lowest BCUT2D eigenvalue weighted by molar-refractivity contribution is -0.161. The SMILES string of the molecule is CCCCCCCCCCCCCCCCCCCCCCCC(=O)O[C@H](COC(=O)CCCCCCCCCCCCCCCCC)COP(=O)(O)OC[C@@H](O)COP(=O)(O)OC[C@@H](COC(=O)CCCCCCCCCCCC)OC(=O)CCCCCCCCCCCC(C)C. The minimum atomic E-state index is -4.96. The molecular formula is C79H154O17P2. The number of carbonyl (C=O) groups is 4. The molecule has 98 heavy (non-hydrogen) atoms. The van der Waals surface area contributed by atoms with Gasteiger partial charge in [-0.2, -0.15) is 0 Å². The summed E-state index contributed by atoms with van der Waals surface area (Å²) >= 11 is 0. The smallest absolute Gasteiger partial charge is 0.462 e. The Hall–Kier alpha value is -1.94. The van der Waals surface area contributed by atoms with Gasteiger partial charge in [-0.05, 0) is 31.6 Å². The summed E-state index contributed by atoms with van der Waals surface area (Å²) in [5.74, 6) is -1.37. The van der Waals surface area contributed by atoms with Crippen LogP contribution in [-0.2, 0) is 65.4 Å². The molecule has 2 unspecified atom stereocenters. The van der Waals surface area contributed by atoms with Crippen LogP contribution < -0.4 is 0 Å². The second-order valence-corrected chi connectivity index (χ2v) is 31.8. The third-order valence-electron chi connectivity index (χ3n) is 18.5. The molecule has 5 atom stereocenters. The zero-order valence-electron chi connectivity index (χ0n) is 63.9. The molecule has 0 spiro atoms. The second-order valence-electron chi connectivity index (χ2n) is 28.9. The molecule has 3 N–H and O–H groups in total. The first-order chi connectivity index (χ1) is 47.5. The van der Waals surface area contributed by atoms with Gasteiger partial charge in [0.05, 0.1) is 26.4 Å². The van der Waals surface area contributed by atoms with Crippen LogP contribution in [0.4, 0.5) is 0 Å². The average molecular weight is 1440 g/mol. The molecule has 0 aliphatic heterocycles. The van der Waals surface area contributed by atoms with Crippen molar-refractivity contribution in [2.75, 3.05) is 39.6 Å². The Bertz CT molecular complexity index is 1870. The summed E-state index contributed by atoms with van der Waals surface area (Å²) in [5, 5.41) is 10.6. The summed E-state index contributed by atoms with van der Waals surface area (Å²) in [7, 11) is -9.91. The van der Waals surface area contributed by atoms with Crippen molar-refractivity contribution in [3.05, 3.63) is 0 Å². The number of unbranched alkanes of at least 4 members (excludes halogenated alkanes) is 51. The van der Waals surface area contributed by atoms with Gasteiger partial charge in [-0.15, -0.1) is 0 Å². The number of hydrogen-bond donors (Lipinski definition) is 3. The molecular weight excluding hydrogens is 1280 g/mol. The van der Waals surface area contributed by atoms with E-state index < -0.39 is 97.5 Å². The third-order valence-corrected chi connectivity index (χ3v) is 20.4. The molecule has 19 heteroatoms. The van der Waals surface area contributed by atoms with E-state index in [0.717, 1.165) is 95.8 Å². The van der Waals surface area contributed by atoms with Crippen LogP contribution in [0.2, 0.25) is 0 Å². The first kappa shape index (κ1) is 96.1. The Labute approximate surface area is 600 Å². The number of hydrogen-bond acceptors (Lipinski definition) is 15. The average Bonchev–Trinajstić information content (AvgIpc) is 1.23. The van der Waals surface area contributed by atoms with Gasteiger partial charge in [0.15, 0.2) is 12.2 Å². The van der Waals surface area contributed by atoms with E-state index in [2.05, 4.69) is 34.6 Å². The number of phosphoric acid groups is 2. The zero-order valence-corrected chi connectivity index (χ0v) is 65.7. The summed E-state index contributed by atoms with van der Waals surface area (Å²) in [4.78, 5) is 72.9. The Morgan fingerprint density at radius 2 is 0.469 bits per heavy atom. The summed E-state index contributed by atoms with van der Waals surface area (Å²) in [6.07, 6.45) is 62.5. The van der Waals surface area contributed by atoms with E-state index in [-0.39, 0.29) is 25.7 Å². The highest BCUT2D eigenvalue weighted by Crippen LogP contribution is 2.45. The Morgan fingerprint density at radius 3 is 0.694 bits per heavy atom. The van der Waals surface area contributed by atoms with Gasteiger partial charge in [0.1, 0.15) is 19.3 Å². The molecule has 0 saturated carbocycles. The van der Waals surface area contributed by atoms with Gasteiger partial charge in [0.2, 0.25) is 0 Å². The molecule has 582 valence electrons. The minimum Gasteiger partial charge on any atom is -0.462 e. The number of aliphatic hydroxyl groups excluding tert-OH is 1. The van der Waals surface area contributed by atoms with Crippen molar-refractivity contribution in [1.82, 2.24) is 0 Å². The highest BCUT2D eigenvalue weighted by molar-refractivity contribution is 7.47. The lowest BCUT2D eigenvalue weighted by Gasteiger charge is -2.21. The molecule has 0 rings (SSSR count). The molecule has 0 aromatic carbocycles. The number of esters is 4. The van der Waals surface area contributed by atoms with E-state index >= 15 is 0 Å². The van der Waals surface area contributed by atoms with Crippen molar-refractivity contribution in [3.63, 3.8) is 0 Å². The fourth-order valence-electron chi connectivity index (χ4n) is 12.2. The standard InChI is InChI=1S/C79H154O17P2/c1-6-9-12-15-18-21-24-26-28-29-30-31-32-33-35-37-39-44-49-54-59-64-78(83)95-74(69-90-77(82)63-58-53-48-43-38-36-34-27-25-22-19-16-13-10-7-2)70-93-97(85,86)91-66-73(80)67-92-98(87,88)94-71-75(68-89-76(81)62-57-52-47-42-23-20-17-14-11-8-3)96-79(84)65-60-55-50-45-40-41-46-51-56-61-72(4)5/h72-75,80H,6-71H2,1-5H3,(H,85,86)(H,87,88)/t73-,74-,75-/m1/s1. The quantitative estimate of drug-likeness (QED) is 0.0222. The highest BCUT2D eigenvalue weighted by Gasteiger charge is 2.30. The van der Waals surface area contributed by atoms with Crippen LogP contribution in [0.3, 0.4) is 0 Å². The third kappa shape index (κ3) is 72.4. The van der Waals surface area contributed by atoms with E-state index in [0.29, 0.717) is 25.7 Å². The maximum absolute atomic E-state index is 13.1. The molecule has 0 heterocycles. The molecule has 0 aliphatic rings. The summed E-state index contributed by atoms with van der Waals surface area (Å²) in [6.45, 7) is 7.28. The fraction of sp³-hybridized carbons (Fsp3) is 0.949. The molecule has 0 saturated heterocycles. The molecule has 0 fully saturated rings. The molecule has 0 amide bonds. The lowest BCUT2D eigenvalue weighted by Crippen LogP contribution is -2.30. The molecule has 0 aromatic heterocycles. The number of ether oxygens (including phenoxy) is 4. The summed E-state index contributed by atoms with van der Waals surface area (Å²) < 4.78 is 68.6. The van der Waals surface area contributed by atoms with Gasteiger partial charge >= 0.3 is 39.5 Å². The van der Waals surface area contributed by atoms with Gasteiger partial charge in [0, 0.05) is 25.7 Å². The summed E-state index contributed by atoms with van der Waals surface area (Å²) in [5.41, 5.74) is 0. The van der Waals surface area contributed by atoms with Crippen molar-refractivity contribution < 1.29 is 80.2 Å². The number of carbonyl (C=O) groups excluding carboxylic acids is 4. The summed E-state index contributed by atoms with van der Waals surface area (Å²) in [6, 6.07) is 0. The number of phosphoric ester groups is 2. The number of aliphatic hydroxyl groups is 1. The highest BCUT2D eigenvalue weighted by atomic mass is 31.2.